The monoisotopic (exact) mass is 298 g/mol. The molecule has 0 atom stereocenters. The highest BCUT2D eigenvalue weighted by atomic mass is 16.5. The molecule has 2 heteroatoms. The maximum atomic E-state index is 5.79. The van der Waals surface area contributed by atoms with Crippen LogP contribution in [-0.4, -0.2) is 13.2 Å². The quantitative estimate of drug-likeness (QED) is 0.552. The average molecular weight is 298 g/mol. The molecule has 0 aliphatic rings. The van der Waals surface area contributed by atoms with E-state index in [1.165, 1.54) is 0 Å². The first kappa shape index (κ1) is 16.4. The van der Waals surface area contributed by atoms with Gasteiger partial charge in [0, 0.05) is 0 Å². The molecule has 0 amide bonds. The van der Waals surface area contributed by atoms with E-state index in [9.17, 15) is 0 Å². The molecule has 2 aromatic carbocycles. The van der Waals surface area contributed by atoms with Crippen LogP contribution in [0.2, 0.25) is 0 Å². The van der Waals surface area contributed by atoms with Gasteiger partial charge in [-0.05, 0) is 48.2 Å². The van der Waals surface area contributed by atoms with Crippen LogP contribution < -0.4 is 9.47 Å². The van der Waals surface area contributed by atoms with E-state index in [0.29, 0.717) is 0 Å². The number of hydrogen-bond donors (Lipinski definition) is 0. The Bertz CT molecular complexity index is 512. The molecule has 0 unspecified atom stereocenters. The molecule has 0 spiro atoms. The molecule has 0 N–H and O–H groups in total. The fourth-order valence-corrected chi connectivity index (χ4v) is 2.20. The predicted octanol–water partition coefficient (Wildman–Crippen LogP) is 5.71. The number of rotatable bonds is 9. The first-order valence-corrected chi connectivity index (χ1v) is 8.29. The van der Waals surface area contributed by atoms with Crippen molar-refractivity contribution >= 4 is 0 Å². The molecule has 2 rings (SSSR count). The van der Waals surface area contributed by atoms with E-state index in [2.05, 4.69) is 38.1 Å². The van der Waals surface area contributed by atoms with Crippen molar-refractivity contribution in [1.82, 2.24) is 0 Å². The molecular weight excluding hydrogens is 272 g/mol. The van der Waals surface area contributed by atoms with E-state index in [-0.39, 0.29) is 0 Å². The lowest BCUT2D eigenvalue weighted by molar-refractivity contribution is 0.309. The molecular formula is C20H26O2. The first-order chi connectivity index (χ1) is 10.8. The van der Waals surface area contributed by atoms with Gasteiger partial charge in [0.2, 0.25) is 0 Å². The molecule has 22 heavy (non-hydrogen) atoms. The van der Waals surface area contributed by atoms with Crippen LogP contribution in [0.25, 0.3) is 11.1 Å². The highest BCUT2D eigenvalue weighted by Crippen LogP contribution is 2.27. The summed E-state index contributed by atoms with van der Waals surface area (Å²) in [5.74, 6) is 1.87. The lowest BCUT2D eigenvalue weighted by Gasteiger charge is -2.10. The van der Waals surface area contributed by atoms with Crippen molar-refractivity contribution in [1.29, 1.82) is 0 Å². The molecule has 0 saturated carbocycles. The van der Waals surface area contributed by atoms with E-state index < -0.39 is 0 Å². The van der Waals surface area contributed by atoms with Crippen molar-refractivity contribution < 1.29 is 9.47 Å². The molecule has 0 aliphatic carbocycles. The third-order valence-corrected chi connectivity index (χ3v) is 3.53. The second kappa shape index (κ2) is 9.14. The van der Waals surface area contributed by atoms with Crippen LogP contribution in [0.3, 0.4) is 0 Å². The summed E-state index contributed by atoms with van der Waals surface area (Å²) in [7, 11) is 0. The molecule has 0 aliphatic heterocycles. The third kappa shape index (κ3) is 5.10. The van der Waals surface area contributed by atoms with Gasteiger partial charge < -0.3 is 9.47 Å². The van der Waals surface area contributed by atoms with Crippen molar-refractivity contribution in [3.63, 3.8) is 0 Å². The summed E-state index contributed by atoms with van der Waals surface area (Å²) in [6, 6.07) is 16.5. The summed E-state index contributed by atoms with van der Waals surface area (Å²) in [5.41, 5.74) is 2.32. The molecule has 2 nitrogen and oxygen atoms in total. The van der Waals surface area contributed by atoms with E-state index in [0.717, 1.165) is 61.5 Å². The van der Waals surface area contributed by atoms with Crippen LogP contribution >= 0.6 is 0 Å². The fourth-order valence-electron chi connectivity index (χ4n) is 2.20. The Morgan fingerprint density at radius 3 is 1.55 bits per heavy atom. The fraction of sp³-hybridized carbons (Fsp3) is 0.400. The van der Waals surface area contributed by atoms with Crippen molar-refractivity contribution in [3.05, 3.63) is 48.5 Å². The number of unbranched alkanes of at least 4 members (excludes halogenated alkanes) is 2. The van der Waals surface area contributed by atoms with E-state index in [4.69, 9.17) is 9.47 Å². The van der Waals surface area contributed by atoms with E-state index in [1.807, 2.05) is 24.3 Å². The van der Waals surface area contributed by atoms with Crippen molar-refractivity contribution in [3.8, 4) is 22.6 Å². The van der Waals surface area contributed by atoms with Crippen LogP contribution in [0.5, 0.6) is 11.5 Å². The molecule has 0 saturated heterocycles. The van der Waals surface area contributed by atoms with E-state index in [1.54, 1.807) is 0 Å². The van der Waals surface area contributed by atoms with Crippen LogP contribution in [-0.2, 0) is 0 Å². The molecule has 0 radical (unpaired) electrons. The van der Waals surface area contributed by atoms with Crippen LogP contribution in [0, 0.1) is 0 Å². The number of ether oxygens (including phenoxy) is 2. The van der Waals surface area contributed by atoms with Gasteiger partial charge in [-0.25, -0.2) is 0 Å². The van der Waals surface area contributed by atoms with Gasteiger partial charge in [-0.3, -0.25) is 0 Å². The summed E-state index contributed by atoms with van der Waals surface area (Å²) < 4.78 is 11.6. The highest BCUT2D eigenvalue weighted by molar-refractivity contribution is 5.66. The second-order valence-electron chi connectivity index (χ2n) is 5.46. The first-order valence-electron chi connectivity index (χ1n) is 8.29. The SMILES string of the molecule is CCCCOc1cccc(-c2cccc(OCCCC)c2)c1. The average Bonchev–Trinajstić information content (AvgIpc) is 2.56. The van der Waals surface area contributed by atoms with Crippen molar-refractivity contribution in [2.75, 3.05) is 13.2 Å². The van der Waals surface area contributed by atoms with Crippen LogP contribution in [0.1, 0.15) is 39.5 Å². The summed E-state index contributed by atoms with van der Waals surface area (Å²) in [5, 5.41) is 0. The van der Waals surface area contributed by atoms with Gasteiger partial charge in [-0.15, -0.1) is 0 Å². The maximum absolute atomic E-state index is 5.79. The standard InChI is InChI=1S/C20H26O2/c1-3-5-13-21-19-11-7-9-17(15-19)18-10-8-12-20(16-18)22-14-6-4-2/h7-12,15-16H,3-6,13-14H2,1-2H3. The summed E-state index contributed by atoms with van der Waals surface area (Å²) in [4.78, 5) is 0. The van der Waals surface area contributed by atoms with Gasteiger partial charge in [-0.1, -0.05) is 51.0 Å². The molecule has 0 fully saturated rings. The zero-order valence-electron chi connectivity index (χ0n) is 13.7. The van der Waals surface area contributed by atoms with Gasteiger partial charge in [0.25, 0.3) is 0 Å². The minimum Gasteiger partial charge on any atom is -0.494 e. The van der Waals surface area contributed by atoms with Gasteiger partial charge >= 0.3 is 0 Å². The molecule has 118 valence electrons. The van der Waals surface area contributed by atoms with Gasteiger partial charge in [0.1, 0.15) is 11.5 Å². The molecule has 0 bridgehead atoms. The lowest BCUT2D eigenvalue weighted by Crippen LogP contribution is -1.97. The zero-order valence-corrected chi connectivity index (χ0v) is 13.7. The smallest absolute Gasteiger partial charge is 0.119 e. The third-order valence-electron chi connectivity index (χ3n) is 3.53. The normalized spacial score (nSPS) is 10.5. The molecule has 0 heterocycles. The second-order valence-corrected chi connectivity index (χ2v) is 5.46. The highest BCUT2D eigenvalue weighted by Gasteiger charge is 2.02. The minimum atomic E-state index is 0.778. The number of hydrogen-bond acceptors (Lipinski definition) is 2. The Morgan fingerprint density at radius 2 is 1.14 bits per heavy atom. The van der Waals surface area contributed by atoms with Crippen molar-refractivity contribution in [2.45, 2.75) is 39.5 Å². The predicted molar refractivity (Wildman–Crippen MR) is 92.7 cm³/mol. The Kier molecular flexibility index (Phi) is 6.82. The lowest BCUT2D eigenvalue weighted by atomic mass is 10.1. The largest absolute Gasteiger partial charge is 0.494 e. The van der Waals surface area contributed by atoms with Gasteiger partial charge in [-0.2, -0.15) is 0 Å². The van der Waals surface area contributed by atoms with Crippen LogP contribution in [0.4, 0.5) is 0 Å². The minimum absolute atomic E-state index is 0.778. The Labute approximate surface area is 134 Å². The molecule has 0 aromatic heterocycles. The van der Waals surface area contributed by atoms with Gasteiger partial charge in [0.15, 0.2) is 0 Å². The topological polar surface area (TPSA) is 18.5 Å². The Morgan fingerprint density at radius 1 is 0.682 bits per heavy atom. The van der Waals surface area contributed by atoms with Gasteiger partial charge in [0.05, 0.1) is 13.2 Å². The number of benzene rings is 2. The van der Waals surface area contributed by atoms with E-state index >= 15 is 0 Å². The summed E-state index contributed by atoms with van der Waals surface area (Å²) in [6.45, 7) is 5.90. The van der Waals surface area contributed by atoms with Crippen LogP contribution in [0.15, 0.2) is 48.5 Å². The Hall–Kier alpha value is -1.96. The zero-order chi connectivity index (χ0) is 15.6. The Balaban J connectivity index is 2.07. The summed E-state index contributed by atoms with van der Waals surface area (Å²) >= 11 is 0. The summed E-state index contributed by atoms with van der Waals surface area (Å²) in [6.07, 6.45) is 4.48. The maximum Gasteiger partial charge on any atom is 0.119 e. The van der Waals surface area contributed by atoms with Crippen molar-refractivity contribution in [2.24, 2.45) is 0 Å². The molecule has 2 aromatic rings.